The first-order chi connectivity index (χ1) is 10.7. The summed E-state index contributed by atoms with van der Waals surface area (Å²) in [4.78, 5) is 6.60. The first-order valence-corrected chi connectivity index (χ1v) is 8.16. The lowest BCUT2D eigenvalue weighted by molar-refractivity contribution is 0.152. The molecule has 2 rings (SSSR count). The van der Waals surface area contributed by atoms with E-state index in [1.54, 1.807) is 7.05 Å². The fraction of sp³-hybridized carbons (Fsp3) is 0.562. The van der Waals surface area contributed by atoms with Crippen LogP contribution >= 0.6 is 11.6 Å². The fourth-order valence-electron chi connectivity index (χ4n) is 2.56. The lowest BCUT2D eigenvalue weighted by atomic mass is 10.3. The van der Waals surface area contributed by atoms with Crippen LogP contribution in [0.3, 0.4) is 0 Å². The molecule has 1 unspecified atom stereocenters. The van der Waals surface area contributed by atoms with E-state index >= 15 is 0 Å². The second-order valence-corrected chi connectivity index (χ2v) is 5.69. The minimum Gasteiger partial charge on any atom is -0.380 e. The predicted molar refractivity (Wildman–Crippen MR) is 93.1 cm³/mol. The molecule has 0 bridgehead atoms. The maximum atomic E-state index is 6.07. The van der Waals surface area contributed by atoms with Gasteiger partial charge in [0.2, 0.25) is 0 Å². The summed E-state index contributed by atoms with van der Waals surface area (Å²) in [6.07, 6.45) is 1.08. The number of nitrogens with one attached hydrogen (secondary N) is 2. The summed E-state index contributed by atoms with van der Waals surface area (Å²) in [5.74, 6) is 0.831. The van der Waals surface area contributed by atoms with E-state index in [4.69, 9.17) is 16.3 Å². The maximum absolute atomic E-state index is 6.07. The van der Waals surface area contributed by atoms with E-state index in [1.807, 2.05) is 25.1 Å². The Hall–Kier alpha value is -1.46. The van der Waals surface area contributed by atoms with Gasteiger partial charge < -0.3 is 20.3 Å². The Balaban J connectivity index is 1.80. The summed E-state index contributed by atoms with van der Waals surface area (Å²) >= 11 is 6.07. The van der Waals surface area contributed by atoms with Crippen LogP contribution in [0.15, 0.2) is 29.3 Å². The van der Waals surface area contributed by atoms with E-state index in [9.17, 15) is 0 Å². The standard InChI is InChI=1S/C16H25ClN4O/c1-3-22-10-8-19-16(18-2)20-14-7-9-21(12-14)15-6-4-5-13(17)11-15/h4-6,11,14H,3,7-10,12H2,1-2H3,(H2,18,19,20). The average molecular weight is 325 g/mol. The smallest absolute Gasteiger partial charge is 0.191 e. The molecule has 1 saturated heterocycles. The minimum atomic E-state index is 0.386. The van der Waals surface area contributed by atoms with E-state index in [2.05, 4.69) is 26.6 Å². The predicted octanol–water partition coefficient (Wildman–Crippen LogP) is 2.12. The lowest BCUT2D eigenvalue weighted by Gasteiger charge is -2.20. The molecule has 1 heterocycles. The first-order valence-electron chi connectivity index (χ1n) is 7.78. The molecule has 1 fully saturated rings. The third kappa shape index (κ3) is 5.07. The number of rotatable bonds is 6. The molecule has 2 N–H and O–H groups in total. The third-order valence-electron chi connectivity index (χ3n) is 3.67. The van der Waals surface area contributed by atoms with Crippen LogP contribution in [0, 0.1) is 0 Å². The van der Waals surface area contributed by atoms with Crippen LogP contribution in [0.25, 0.3) is 0 Å². The van der Waals surface area contributed by atoms with Gasteiger partial charge in [-0.05, 0) is 31.5 Å². The van der Waals surface area contributed by atoms with Crippen molar-refractivity contribution in [3.63, 3.8) is 0 Å². The molecule has 0 aromatic heterocycles. The van der Waals surface area contributed by atoms with Gasteiger partial charge in [-0.3, -0.25) is 4.99 Å². The van der Waals surface area contributed by atoms with Crippen molar-refractivity contribution in [3.8, 4) is 0 Å². The van der Waals surface area contributed by atoms with Crippen molar-refractivity contribution < 1.29 is 4.74 Å². The molecule has 5 nitrogen and oxygen atoms in total. The highest BCUT2D eigenvalue weighted by molar-refractivity contribution is 6.30. The van der Waals surface area contributed by atoms with Crippen molar-refractivity contribution in [1.82, 2.24) is 10.6 Å². The van der Waals surface area contributed by atoms with E-state index in [0.29, 0.717) is 12.6 Å². The van der Waals surface area contributed by atoms with Crippen LogP contribution in [0.4, 0.5) is 5.69 Å². The fourth-order valence-corrected chi connectivity index (χ4v) is 2.74. The maximum Gasteiger partial charge on any atom is 0.191 e. The van der Waals surface area contributed by atoms with Gasteiger partial charge in [0.05, 0.1) is 6.61 Å². The average Bonchev–Trinajstić information content (AvgIpc) is 2.99. The van der Waals surface area contributed by atoms with Crippen LogP contribution in [-0.2, 0) is 4.74 Å². The number of anilines is 1. The highest BCUT2D eigenvalue weighted by Crippen LogP contribution is 2.23. The van der Waals surface area contributed by atoms with Crippen LogP contribution < -0.4 is 15.5 Å². The Labute approximate surface area is 137 Å². The number of guanidine groups is 1. The molecule has 122 valence electrons. The molecule has 1 aromatic rings. The number of hydrogen-bond donors (Lipinski definition) is 2. The number of ether oxygens (including phenoxy) is 1. The Kier molecular flexibility index (Phi) is 6.80. The monoisotopic (exact) mass is 324 g/mol. The molecule has 22 heavy (non-hydrogen) atoms. The zero-order chi connectivity index (χ0) is 15.8. The van der Waals surface area contributed by atoms with Crippen molar-refractivity contribution >= 4 is 23.2 Å². The second-order valence-electron chi connectivity index (χ2n) is 5.25. The quantitative estimate of drug-likeness (QED) is 0.478. The Bertz CT molecular complexity index is 495. The van der Waals surface area contributed by atoms with Crippen molar-refractivity contribution in [3.05, 3.63) is 29.3 Å². The summed E-state index contributed by atoms with van der Waals surface area (Å²) < 4.78 is 5.32. The van der Waals surface area contributed by atoms with Crippen LogP contribution in [0.5, 0.6) is 0 Å². The van der Waals surface area contributed by atoms with E-state index in [0.717, 1.165) is 43.6 Å². The Morgan fingerprint density at radius 1 is 1.50 bits per heavy atom. The van der Waals surface area contributed by atoms with Gasteiger partial charge in [0.15, 0.2) is 5.96 Å². The number of halogens is 1. The molecule has 0 amide bonds. The molecule has 1 aliphatic heterocycles. The van der Waals surface area contributed by atoms with Crippen molar-refractivity contribution in [2.45, 2.75) is 19.4 Å². The third-order valence-corrected chi connectivity index (χ3v) is 3.90. The summed E-state index contributed by atoms with van der Waals surface area (Å²) in [5, 5.41) is 7.51. The first kappa shape index (κ1) is 16.9. The second kappa shape index (κ2) is 8.86. The van der Waals surface area contributed by atoms with Gasteiger partial charge in [-0.25, -0.2) is 0 Å². The van der Waals surface area contributed by atoms with Crippen molar-refractivity contribution in [2.24, 2.45) is 4.99 Å². The Morgan fingerprint density at radius 3 is 3.09 bits per heavy atom. The lowest BCUT2D eigenvalue weighted by Crippen LogP contribution is -2.45. The molecule has 0 aliphatic carbocycles. The van der Waals surface area contributed by atoms with Crippen LogP contribution in [-0.4, -0.2) is 51.9 Å². The van der Waals surface area contributed by atoms with Crippen molar-refractivity contribution in [2.75, 3.05) is 44.8 Å². The topological polar surface area (TPSA) is 48.9 Å². The minimum absolute atomic E-state index is 0.386. The number of aliphatic imine (C=N–C) groups is 1. The number of benzene rings is 1. The van der Waals surface area contributed by atoms with E-state index in [1.165, 1.54) is 5.69 Å². The molecular formula is C16H25ClN4O. The van der Waals surface area contributed by atoms with Gasteiger partial charge in [-0.2, -0.15) is 0 Å². The zero-order valence-electron chi connectivity index (χ0n) is 13.3. The summed E-state index contributed by atoms with van der Waals surface area (Å²) in [6, 6.07) is 8.40. The van der Waals surface area contributed by atoms with E-state index in [-0.39, 0.29) is 0 Å². The van der Waals surface area contributed by atoms with Gasteiger partial charge in [0.1, 0.15) is 0 Å². The van der Waals surface area contributed by atoms with Gasteiger partial charge in [0, 0.05) is 50.0 Å². The normalized spacial score (nSPS) is 18.6. The number of hydrogen-bond acceptors (Lipinski definition) is 3. The molecule has 0 saturated carbocycles. The summed E-state index contributed by atoms with van der Waals surface area (Å²) in [5.41, 5.74) is 1.18. The van der Waals surface area contributed by atoms with Crippen LogP contribution in [0.2, 0.25) is 5.02 Å². The van der Waals surface area contributed by atoms with Crippen molar-refractivity contribution in [1.29, 1.82) is 0 Å². The summed E-state index contributed by atoms with van der Waals surface area (Å²) in [6.45, 7) is 6.16. The van der Waals surface area contributed by atoms with Crippen LogP contribution in [0.1, 0.15) is 13.3 Å². The summed E-state index contributed by atoms with van der Waals surface area (Å²) in [7, 11) is 1.79. The molecule has 1 aromatic carbocycles. The van der Waals surface area contributed by atoms with Gasteiger partial charge in [-0.1, -0.05) is 17.7 Å². The van der Waals surface area contributed by atoms with E-state index < -0.39 is 0 Å². The van der Waals surface area contributed by atoms with Gasteiger partial charge >= 0.3 is 0 Å². The molecular weight excluding hydrogens is 300 g/mol. The molecule has 1 aliphatic rings. The molecule has 1 atom stereocenters. The van der Waals surface area contributed by atoms with Gasteiger partial charge in [-0.15, -0.1) is 0 Å². The zero-order valence-corrected chi connectivity index (χ0v) is 14.1. The molecule has 0 radical (unpaired) electrons. The Morgan fingerprint density at radius 2 is 2.36 bits per heavy atom. The largest absolute Gasteiger partial charge is 0.380 e. The number of nitrogens with zero attached hydrogens (tertiary/aromatic N) is 2. The molecule has 0 spiro atoms. The SMILES string of the molecule is CCOCCNC(=NC)NC1CCN(c2cccc(Cl)c2)C1. The highest BCUT2D eigenvalue weighted by Gasteiger charge is 2.23. The highest BCUT2D eigenvalue weighted by atomic mass is 35.5. The van der Waals surface area contributed by atoms with Gasteiger partial charge in [0.25, 0.3) is 0 Å². The molecule has 6 heteroatoms.